The summed E-state index contributed by atoms with van der Waals surface area (Å²) >= 11 is 0. The fraction of sp³-hybridized carbons (Fsp3) is 0.190. The van der Waals surface area contributed by atoms with E-state index < -0.39 is 0 Å². The van der Waals surface area contributed by atoms with Crippen molar-refractivity contribution in [1.29, 1.82) is 0 Å². The molecule has 0 radical (unpaired) electrons. The molecule has 0 saturated carbocycles. The monoisotopic (exact) mass is 361 g/mol. The maximum atomic E-state index is 12.3. The molecule has 2 N–H and O–H groups in total. The normalized spacial score (nSPS) is 13.3. The van der Waals surface area contributed by atoms with E-state index in [4.69, 9.17) is 0 Å². The average molecular weight is 361 g/mol. The molecule has 3 aromatic rings. The fourth-order valence-corrected chi connectivity index (χ4v) is 3.34. The van der Waals surface area contributed by atoms with Crippen molar-refractivity contribution in [2.45, 2.75) is 12.8 Å². The molecule has 1 aliphatic rings. The lowest BCUT2D eigenvalue weighted by atomic mass is 10.1. The van der Waals surface area contributed by atoms with Gasteiger partial charge in [-0.2, -0.15) is 0 Å². The largest absolute Gasteiger partial charge is 0.361 e. The number of imide groups is 1. The van der Waals surface area contributed by atoms with Gasteiger partial charge in [0.05, 0.1) is 11.1 Å². The van der Waals surface area contributed by atoms with Gasteiger partial charge in [-0.15, -0.1) is 0 Å². The molecule has 136 valence electrons. The van der Waals surface area contributed by atoms with Crippen molar-refractivity contribution >= 4 is 28.6 Å². The molecular formula is C21H19N3O3. The molecule has 27 heavy (non-hydrogen) atoms. The zero-order valence-electron chi connectivity index (χ0n) is 14.7. The molecule has 2 aromatic carbocycles. The van der Waals surface area contributed by atoms with Gasteiger partial charge in [-0.3, -0.25) is 19.3 Å². The van der Waals surface area contributed by atoms with Crippen LogP contribution in [0.1, 0.15) is 32.7 Å². The Kier molecular flexibility index (Phi) is 4.46. The third kappa shape index (κ3) is 3.33. The van der Waals surface area contributed by atoms with Gasteiger partial charge in [0.15, 0.2) is 0 Å². The number of hydrogen-bond donors (Lipinski definition) is 2. The SMILES string of the molecule is O=C(CCN1C(=O)c2ccccc2C1=O)NCCc1ccc2cc[nH]c2c1. The number of carbonyl (C=O) groups is 3. The lowest BCUT2D eigenvalue weighted by molar-refractivity contribution is -0.121. The van der Waals surface area contributed by atoms with E-state index >= 15 is 0 Å². The Balaban J connectivity index is 1.26. The Bertz CT molecular complexity index is 1000. The van der Waals surface area contributed by atoms with Crippen LogP contribution in [0.15, 0.2) is 54.7 Å². The summed E-state index contributed by atoms with van der Waals surface area (Å²) in [5, 5.41) is 4.01. The zero-order valence-corrected chi connectivity index (χ0v) is 14.7. The molecule has 0 unspecified atom stereocenters. The molecule has 0 spiro atoms. The number of carbonyl (C=O) groups excluding carboxylic acids is 3. The minimum absolute atomic E-state index is 0.0899. The van der Waals surface area contributed by atoms with Crippen LogP contribution in [0.2, 0.25) is 0 Å². The van der Waals surface area contributed by atoms with Crippen LogP contribution in [0, 0.1) is 0 Å². The topological polar surface area (TPSA) is 82.3 Å². The molecule has 4 rings (SSSR count). The highest BCUT2D eigenvalue weighted by Gasteiger charge is 2.34. The summed E-state index contributed by atoms with van der Waals surface area (Å²) in [6.07, 6.45) is 2.71. The Morgan fingerprint density at radius 1 is 1.00 bits per heavy atom. The highest BCUT2D eigenvalue weighted by Crippen LogP contribution is 2.22. The van der Waals surface area contributed by atoms with Crippen LogP contribution in [0.25, 0.3) is 10.9 Å². The summed E-state index contributed by atoms with van der Waals surface area (Å²) in [5.41, 5.74) is 3.01. The van der Waals surface area contributed by atoms with Crippen molar-refractivity contribution in [3.8, 4) is 0 Å². The second kappa shape index (κ2) is 7.07. The van der Waals surface area contributed by atoms with Crippen LogP contribution >= 0.6 is 0 Å². The summed E-state index contributed by atoms with van der Waals surface area (Å²) in [4.78, 5) is 40.9. The number of aromatic nitrogens is 1. The summed E-state index contributed by atoms with van der Waals surface area (Å²) in [6, 6.07) is 14.9. The van der Waals surface area contributed by atoms with Gasteiger partial charge in [0.25, 0.3) is 11.8 Å². The van der Waals surface area contributed by atoms with Crippen molar-refractivity contribution in [3.63, 3.8) is 0 Å². The lowest BCUT2D eigenvalue weighted by Gasteiger charge is -2.13. The van der Waals surface area contributed by atoms with Crippen molar-refractivity contribution in [1.82, 2.24) is 15.2 Å². The lowest BCUT2D eigenvalue weighted by Crippen LogP contribution is -2.35. The van der Waals surface area contributed by atoms with Crippen molar-refractivity contribution in [2.24, 2.45) is 0 Å². The second-order valence-corrected chi connectivity index (χ2v) is 6.56. The number of nitrogens with one attached hydrogen (secondary N) is 2. The smallest absolute Gasteiger partial charge is 0.261 e. The molecule has 0 saturated heterocycles. The predicted octanol–water partition coefficient (Wildman–Crippen LogP) is 2.51. The number of rotatable bonds is 6. The number of benzene rings is 2. The van der Waals surface area contributed by atoms with E-state index in [0.717, 1.165) is 21.4 Å². The molecule has 6 heteroatoms. The highest BCUT2D eigenvalue weighted by molar-refractivity contribution is 6.21. The third-order valence-electron chi connectivity index (χ3n) is 4.80. The summed E-state index contributed by atoms with van der Waals surface area (Å²) < 4.78 is 0. The van der Waals surface area contributed by atoms with Crippen LogP contribution < -0.4 is 5.32 Å². The summed E-state index contributed by atoms with van der Waals surface area (Å²) in [7, 11) is 0. The maximum Gasteiger partial charge on any atom is 0.261 e. The Hall–Kier alpha value is -3.41. The highest BCUT2D eigenvalue weighted by atomic mass is 16.2. The number of amides is 3. The Labute approximate surface area is 156 Å². The molecular weight excluding hydrogens is 342 g/mol. The van der Waals surface area contributed by atoms with Crippen LogP contribution in [0.5, 0.6) is 0 Å². The van der Waals surface area contributed by atoms with Gasteiger partial charge in [-0.1, -0.05) is 24.3 Å². The first-order valence-electron chi connectivity index (χ1n) is 8.91. The average Bonchev–Trinajstić information content (AvgIpc) is 3.24. The van der Waals surface area contributed by atoms with Gasteiger partial charge in [0, 0.05) is 31.2 Å². The summed E-state index contributed by atoms with van der Waals surface area (Å²) in [6.45, 7) is 0.597. The zero-order chi connectivity index (χ0) is 18.8. The van der Waals surface area contributed by atoms with Gasteiger partial charge < -0.3 is 10.3 Å². The first-order valence-corrected chi connectivity index (χ1v) is 8.91. The first-order chi connectivity index (χ1) is 13.1. The minimum atomic E-state index is -0.331. The van der Waals surface area contributed by atoms with Crippen LogP contribution in [0.3, 0.4) is 0 Å². The van der Waals surface area contributed by atoms with Crippen molar-refractivity contribution in [3.05, 3.63) is 71.4 Å². The van der Waals surface area contributed by atoms with Gasteiger partial charge in [-0.25, -0.2) is 0 Å². The first kappa shape index (κ1) is 17.0. The van der Waals surface area contributed by atoms with E-state index in [1.165, 1.54) is 0 Å². The standard InChI is InChI=1S/C21H19N3O3/c25-19(23-10-7-14-5-6-15-8-11-22-18(15)13-14)9-12-24-20(26)16-3-1-2-4-17(16)21(24)27/h1-6,8,11,13,22H,7,9-10,12H2,(H,23,25). The molecule has 0 bridgehead atoms. The van der Waals surface area contributed by atoms with E-state index in [1.807, 2.05) is 24.4 Å². The van der Waals surface area contributed by atoms with Gasteiger partial charge in [-0.05, 0) is 41.6 Å². The minimum Gasteiger partial charge on any atom is -0.361 e. The van der Waals surface area contributed by atoms with E-state index in [2.05, 4.69) is 16.4 Å². The van der Waals surface area contributed by atoms with Crippen molar-refractivity contribution in [2.75, 3.05) is 13.1 Å². The van der Waals surface area contributed by atoms with Crippen LogP contribution in [-0.2, 0) is 11.2 Å². The molecule has 3 amide bonds. The number of aromatic amines is 1. The van der Waals surface area contributed by atoms with Gasteiger partial charge in [0.1, 0.15) is 0 Å². The molecule has 0 atom stereocenters. The summed E-state index contributed by atoms with van der Waals surface area (Å²) in [5.74, 6) is -0.835. The van der Waals surface area contributed by atoms with E-state index in [0.29, 0.717) is 24.1 Å². The van der Waals surface area contributed by atoms with E-state index in [1.54, 1.807) is 24.3 Å². The number of fused-ring (bicyclic) bond motifs is 2. The quantitative estimate of drug-likeness (QED) is 0.662. The van der Waals surface area contributed by atoms with Gasteiger partial charge >= 0.3 is 0 Å². The second-order valence-electron chi connectivity index (χ2n) is 6.56. The Morgan fingerprint density at radius 2 is 1.74 bits per heavy atom. The van der Waals surface area contributed by atoms with Crippen LogP contribution in [0.4, 0.5) is 0 Å². The number of nitrogens with zero attached hydrogens (tertiary/aromatic N) is 1. The fourth-order valence-electron chi connectivity index (χ4n) is 3.34. The van der Waals surface area contributed by atoms with E-state index in [9.17, 15) is 14.4 Å². The molecule has 0 aliphatic carbocycles. The molecule has 1 aliphatic heterocycles. The van der Waals surface area contributed by atoms with Crippen LogP contribution in [-0.4, -0.2) is 40.7 Å². The molecule has 6 nitrogen and oxygen atoms in total. The van der Waals surface area contributed by atoms with Gasteiger partial charge in [0.2, 0.25) is 5.91 Å². The predicted molar refractivity (Wildman–Crippen MR) is 101 cm³/mol. The number of hydrogen-bond acceptors (Lipinski definition) is 3. The molecule has 2 heterocycles. The number of H-pyrrole nitrogens is 1. The van der Waals surface area contributed by atoms with E-state index in [-0.39, 0.29) is 30.7 Å². The molecule has 0 fully saturated rings. The maximum absolute atomic E-state index is 12.3. The molecule has 1 aromatic heterocycles. The third-order valence-corrected chi connectivity index (χ3v) is 4.80. The Morgan fingerprint density at radius 3 is 2.48 bits per heavy atom. The van der Waals surface area contributed by atoms with Crippen molar-refractivity contribution < 1.29 is 14.4 Å².